The Labute approximate surface area is 127 Å². The van der Waals surface area contributed by atoms with E-state index in [-0.39, 0.29) is 16.4 Å². The van der Waals surface area contributed by atoms with E-state index in [1.54, 1.807) is 0 Å². The maximum atomic E-state index is 11.8. The zero-order chi connectivity index (χ0) is 16.6. The zero-order valence-corrected chi connectivity index (χ0v) is 14.2. The Morgan fingerprint density at radius 1 is 0.905 bits per heavy atom. The van der Waals surface area contributed by atoms with E-state index in [2.05, 4.69) is 0 Å². The average Bonchev–Trinajstić information content (AvgIpc) is 2.33. The highest BCUT2D eigenvalue weighted by atomic mass is 16.5. The molecule has 1 aromatic rings. The van der Waals surface area contributed by atoms with Crippen LogP contribution in [-0.4, -0.2) is 25.3 Å². The Kier molecular flexibility index (Phi) is 4.61. The van der Waals surface area contributed by atoms with Crippen LogP contribution < -0.4 is 9.47 Å². The van der Waals surface area contributed by atoms with Crippen LogP contribution >= 0.6 is 0 Å². The van der Waals surface area contributed by atoms with E-state index in [1.165, 1.54) is 14.2 Å². The summed E-state index contributed by atoms with van der Waals surface area (Å²) in [6.07, 6.45) is 0. The summed E-state index contributed by atoms with van der Waals surface area (Å²) >= 11 is 0. The van der Waals surface area contributed by atoms with E-state index in [0.717, 1.165) is 11.1 Å². The average molecular weight is 294 g/mol. The number of hydrogen-bond acceptors (Lipinski definition) is 3. The van der Waals surface area contributed by atoms with E-state index >= 15 is 0 Å². The predicted octanol–water partition coefficient (Wildman–Crippen LogP) is 4.00. The van der Waals surface area contributed by atoms with Crippen LogP contribution in [0.25, 0.3) is 0 Å². The smallest absolute Gasteiger partial charge is 0.343 e. The number of methoxy groups -OCH3 is 2. The molecule has 0 aliphatic heterocycles. The number of carboxylic acid groups (broad SMARTS) is 1. The third-order valence-corrected chi connectivity index (χ3v) is 3.47. The molecule has 0 heterocycles. The van der Waals surface area contributed by atoms with Gasteiger partial charge < -0.3 is 14.6 Å². The van der Waals surface area contributed by atoms with Crippen LogP contribution in [0.2, 0.25) is 0 Å². The number of ether oxygens (including phenoxy) is 2. The van der Waals surface area contributed by atoms with E-state index in [9.17, 15) is 9.90 Å². The van der Waals surface area contributed by atoms with Gasteiger partial charge in [0.05, 0.1) is 14.2 Å². The fourth-order valence-electron chi connectivity index (χ4n) is 2.38. The van der Waals surface area contributed by atoms with Gasteiger partial charge in [-0.05, 0) is 16.9 Å². The quantitative estimate of drug-likeness (QED) is 0.915. The molecule has 1 N–H and O–H groups in total. The molecule has 0 saturated carbocycles. The summed E-state index contributed by atoms with van der Waals surface area (Å²) in [5.41, 5.74) is 1.36. The minimum Gasteiger partial charge on any atom is -0.495 e. The minimum atomic E-state index is -1.04. The van der Waals surface area contributed by atoms with Crippen molar-refractivity contribution in [3.63, 3.8) is 0 Å². The van der Waals surface area contributed by atoms with Gasteiger partial charge in [-0.15, -0.1) is 0 Å². The highest BCUT2D eigenvalue weighted by molar-refractivity contribution is 5.95. The number of carbonyl (C=O) groups is 1. The summed E-state index contributed by atoms with van der Waals surface area (Å²) in [7, 11) is 2.99. The van der Waals surface area contributed by atoms with Gasteiger partial charge in [0.1, 0.15) is 17.1 Å². The van der Waals surface area contributed by atoms with Crippen molar-refractivity contribution in [3.05, 3.63) is 22.8 Å². The lowest BCUT2D eigenvalue weighted by Crippen LogP contribution is -2.21. The minimum absolute atomic E-state index is 0.0948. The van der Waals surface area contributed by atoms with Crippen LogP contribution in [0.4, 0.5) is 0 Å². The van der Waals surface area contributed by atoms with Gasteiger partial charge >= 0.3 is 5.97 Å². The molecule has 118 valence electrons. The van der Waals surface area contributed by atoms with E-state index in [4.69, 9.17) is 9.47 Å². The van der Waals surface area contributed by atoms with Crippen LogP contribution in [0.1, 0.15) is 63.0 Å². The van der Waals surface area contributed by atoms with Gasteiger partial charge in [0, 0.05) is 11.1 Å². The highest BCUT2D eigenvalue weighted by Gasteiger charge is 2.33. The normalized spacial score (nSPS) is 12.2. The summed E-state index contributed by atoms with van der Waals surface area (Å²) in [6, 6.07) is 2.00. The molecule has 0 fully saturated rings. The fourth-order valence-corrected chi connectivity index (χ4v) is 2.38. The van der Waals surface area contributed by atoms with Gasteiger partial charge in [0.2, 0.25) is 0 Å². The molecule has 21 heavy (non-hydrogen) atoms. The lowest BCUT2D eigenvalue weighted by Gasteiger charge is -2.30. The van der Waals surface area contributed by atoms with Gasteiger partial charge in [0.25, 0.3) is 0 Å². The Morgan fingerprint density at radius 2 is 1.24 bits per heavy atom. The molecule has 1 aromatic carbocycles. The first-order valence-corrected chi connectivity index (χ1v) is 6.98. The Hall–Kier alpha value is -1.71. The molecular formula is C17H26O4. The second-order valence-electron chi connectivity index (χ2n) is 7.22. The molecular weight excluding hydrogens is 268 g/mol. The Bertz CT molecular complexity index is 505. The molecule has 0 unspecified atom stereocenters. The van der Waals surface area contributed by atoms with Crippen molar-refractivity contribution in [1.82, 2.24) is 0 Å². The third kappa shape index (κ3) is 3.31. The molecule has 1 rings (SSSR count). The fraction of sp³-hybridized carbons (Fsp3) is 0.588. The summed E-state index contributed by atoms with van der Waals surface area (Å²) in [4.78, 5) is 11.8. The lowest BCUT2D eigenvalue weighted by molar-refractivity contribution is 0.0689. The van der Waals surface area contributed by atoms with E-state index in [0.29, 0.717) is 11.5 Å². The van der Waals surface area contributed by atoms with Gasteiger partial charge in [-0.3, -0.25) is 0 Å². The number of hydrogen-bond donors (Lipinski definition) is 1. The van der Waals surface area contributed by atoms with Gasteiger partial charge in [-0.2, -0.15) is 0 Å². The molecule has 4 nitrogen and oxygen atoms in total. The molecule has 4 heteroatoms. The summed E-state index contributed by atoms with van der Waals surface area (Å²) in [5, 5.41) is 9.63. The van der Waals surface area contributed by atoms with Crippen molar-refractivity contribution in [3.8, 4) is 11.5 Å². The molecule has 0 atom stereocenters. The highest BCUT2D eigenvalue weighted by Crippen LogP contribution is 2.44. The molecule has 0 aromatic heterocycles. The summed E-state index contributed by atoms with van der Waals surface area (Å²) in [5.74, 6) is -0.292. The predicted molar refractivity (Wildman–Crippen MR) is 83.9 cm³/mol. The molecule has 0 amide bonds. The molecule has 0 radical (unpaired) electrons. The van der Waals surface area contributed by atoms with Gasteiger partial charge in [0.15, 0.2) is 0 Å². The second kappa shape index (κ2) is 5.58. The zero-order valence-electron chi connectivity index (χ0n) is 14.2. The molecule has 0 aliphatic rings. The number of carboxylic acids is 1. The van der Waals surface area contributed by atoms with Crippen LogP contribution in [0.5, 0.6) is 11.5 Å². The first-order valence-electron chi connectivity index (χ1n) is 6.98. The third-order valence-electron chi connectivity index (χ3n) is 3.47. The first-order chi connectivity index (χ1) is 9.45. The van der Waals surface area contributed by atoms with Crippen LogP contribution in [-0.2, 0) is 10.8 Å². The SMILES string of the molecule is COc1c(C(C)(C)C)cc(C(C)(C)C)c(OC)c1C(=O)O. The van der Waals surface area contributed by atoms with Crippen molar-refractivity contribution in [2.75, 3.05) is 14.2 Å². The van der Waals surface area contributed by atoms with Gasteiger partial charge in [-0.25, -0.2) is 4.79 Å². The topological polar surface area (TPSA) is 55.8 Å². The van der Waals surface area contributed by atoms with Crippen LogP contribution in [0.3, 0.4) is 0 Å². The van der Waals surface area contributed by atoms with Crippen molar-refractivity contribution in [2.45, 2.75) is 52.4 Å². The van der Waals surface area contributed by atoms with E-state index < -0.39 is 5.97 Å². The van der Waals surface area contributed by atoms with E-state index in [1.807, 2.05) is 47.6 Å². The standard InChI is InChI=1S/C17H26O4/c1-16(2,3)10-9-11(17(4,5)6)14(21-8)12(15(18)19)13(10)20-7/h9H,1-8H3,(H,18,19). The van der Waals surface area contributed by atoms with Crippen molar-refractivity contribution >= 4 is 5.97 Å². The number of benzene rings is 1. The summed E-state index contributed by atoms with van der Waals surface area (Å²) in [6.45, 7) is 12.2. The van der Waals surface area contributed by atoms with Crippen molar-refractivity contribution in [2.24, 2.45) is 0 Å². The maximum Gasteiger partial charge on any atom is 0.343 e. The van der Waals surface area contributed by atoms with Crippen molar-refractivity contribution in [1.29, 1.82) is 0 Å². The number of aromatic carboxylic acids is 1. The monoisotopic (exact) mass is 294 g/mol. The maximum absolute atomic E-state index is 11.8. The lowest BCUT2D eigenvalue weighted by atomic mass is 9.78. The Morgan fingerprint density at radius 3 is 1.43 bits per heavy atom. The molecule has 0 aliphatic carbocycles. The first kappa shape index (κ1) is 17.3. The molecule has 0 saturated heterocycles. The van der Waals surface area contributed by atoms with Crippen LogP contribution in [0, 0.1) is 0 Å². The second-order valence-corrected chi connectivity index (χ2v) is 7.22. The molecule has 0 spiro atoms. The van der Waals surface area contributed by atoms with Crippen LogP contribution in [0.15, 0.2) is 6.07 Å². The summed E-state index contributed by atoms with van der Waals surface area (Å²) < 4.78 is 10.8. The Balaban J connectivity index is 3.95. The number of rotatable bonds is 3. The molecule has 0 bridgehead atoms. The van der Waals surface area contributed by atoms with Gasteiger partial charge in [-0.1, -0.05) is 41.5 Å². The van der Waals surface area contributed by atoms with Crippen molar-refractivity contribution < 1.29 is 19.4 Å². The largest absolute Gasteiger partial charge is 0.495 e.